The Labute approximate surface area is 112 Å². The van der Waals surface area contributed by atoms with Crippen molar-refractivity contribution in [1.29, 1.82) is 0 Å². The summed E-state index contributed by atoms with van der Waals surface area (Å²) in [5.41, 5.74) is 0. The van der Waals surface area contributed by atoms with Crippen LogP contribution in [0.15, 0.2) is 17.3 Å². The Morgan fingerprint density at radius 1 is 1.37 bits per heavy atom. The molecule has 1 aliphatic heterocycles. The summed E-state index contributed by atoms with van der Waals surface area (Å²) in [5.74, 6) is -0.174. The second-order valence-corrected chi connectivity index (χ2v) is 6.38. The molecule has 1 amide bonds. The molecular formula is C11H18N4O3S. The van der Waals surface area contributed by atoms with E-state index in [1.807, 2.05) is 0 Å². The normalized spacial score (nSPS) is 16.6. The van der Waals surface area contributed by atoms with E-state index in [2.05, 4.69) is 9.82 Å². The number of carbonyl (C=O) groups is 1. The molecule has 0 bridgehead atoms. The van der Waals surface area contributed by atoms with E-state index in [0.717, 1.165) is 19.3 Å². The van der Waals surface area contributed by atoms with Crippen LogP contribution >= 0.6 is 0 Å². The first-order chi connectivity index (χ1) is 8.99. The lowest BCUT2D eigenvalue weighted by atomic mass is 10.1. The van der Waals surface area contributed by atoms with Crippen LogP contribution in [0.5, 0.6) is 0 Å². The van der Waals surface area contributed by atoms with Gasteiger partial charge >= 0.3 is 0 Å². The molecule has 8 heteroatoms. The molecule has 1 N–H and O–H groups in total. The summed E-state index contributed by atoms with van der Waals surface area (Å²) in [5, 5.41) is 3.80. The third-order valence-electron chi connectivity index (χ3n) is 3.11. The standard InChI is InChI=1S/C11H18N4O3S/c1-14-9-10(7-12-14)19(17,18)13-8-11(16)15-5-3-2-4-6-15/h7,9,13H,2-6,8H2,1H3. The maximum atomic E-state index is 11.9. The van der Waals surface area contributed by atoms with Gasteiger partial charge in [0.1, 0.15) is 4.90 Å². The summed E-state index contributed by atoms with van der Waals surface area (Å²) < 4.78 is 27.5. The Balaban J connectivity index is 1.92. The van der Waals surface area contributed by atoms with Crippen LogP contribution in [0.1, 0.15) is 19.3 Å². The number of nitrogens with zero attached hydrogens (tertiary/aromatic N) is 3. The van der Waals surface area contributed by atoms with E-state index in [-0.39, 0.29) is 17.3 Å². The molecule has 1 aliphatic rings. The third kappa shape index (κ3) is 3.54. The number of carbonyl (C=O) groups excluding carboxylic acids is 1. The number of aromatic nitrogens is 2. The van der Waals surface area contributed by atoms with Crippen LogP contribution in [0.2, 0.25) is 0 Å². The van der Waals surface area contributed by atoms with Crippen LogP contribution in [0.25, 0.3) is 0 Å². The fraction of sp³-hybridized carbons (Fsp3) is 0.636. The van der Waals surface area contributed by atoms with Gasteiger partial charge in [-0.05, 0) is 19.3 Å². The molecule has 1 fully saturated rings. The maximum Gasteiger partial charge on any atom is 0.244 e. The van der Waals surface area contributed by atoms with E-state index < -0.39 is 10.0 Å². The monoisotopic (exact) mass is 286 g/mol. The highest BCUT2D eigenvalue weighted by Crippen LogP contribution is 2.09. The van der Waals surface area contributed by atoms with Gasteiger partial charge in [-0.15, -0.1) is 0 Å². The summed E-state index contributed by atoms with van der Waals surface area (Å²) >= 11 is 0. The summed E-state index contributed by atoms with van der Waals surface area (Å²) in [6, 6.07) is 0. The number of rotatable bonds is 4. The third-order valence-corrected chi connectivity index (χ3v) is 4.47. The van der Waals surface area contributed by atoms with Crippen LogP contribution in [0.4, 0.5) is 0 Å². The molecule has 0 aromatic carbocycles. The molecule has 1 aromatic rings. The Morgan fingerprint density at radius 2 is 2.05 bits per heavy atom. The van der Waals surface area contributed by atoms with E-state index in [4.69, 9.17) is 0 Å². The van der Waals surface area contributed by atoms with Crippen LogP contribution in [-0.2, 0) is 21.9 Å². The number of sulfonamides is 1. The van der Waals surface area contributed by atoms with Crippen LogP contribution < -0.4 is 4.72 Å². The van der Waals surface area contributed by atoms with Crippen molar-refractivity contribution in [2.75, 3.05) is 19.6 Å². The van der Waals surface area contributed by atoms with Gasteiger partial charge in [0, 0.05) is 26.3 Å². The zero-order valence-electron chi connectivity index (χ0n) is 10.9. The molecule has 0 atom stereocenters. The molecule has 0 radical (unpaired) electrons. The average molecular weight is 286 g/mol. The van der Waals surface area contributed by atoms with Gasteiger partial charge in [0.2, 0.25) is 15.9 Å². The van der Waals surface area contributed by atoms with Gasteiger partial charge in [0.05, 0.1) is 12.7 Å². The molecule has 19 heavy (non-hydrogen) atoms. The van der Waals surface area contributed by atoms with E-state index in [1.165, 1.54) is 17.1 Å². The highest BCUT2D eigenvalue weighted by atomic mass is 32.2. The van der Waals surface area contributed by atoms with Crippen molar-refractivity contribution in [3.8, 4) is 0 Å². The van der Waals surface area contributed by atoms with Crippen molar-refractivity contribution in [3.63, 3.8) is 0 Å². The molecule has 0 aliphatic carbocycles. The molecule has 0 saturated carbocycles. The number of likely N-dealkylation sites (tertiary alicyclic amines) is 1. The van der Waals surface area contributed by atoms with Gasteiger partial charge < -0.3 is 4.90 Å². The number of amides is 1. The van der Waals surface area contributed by atoms with Gasteiger partial charge in [-0.1, -0.05) is 0 Å². The minimum Gasteiger partial charge on any atom is -0.342 e. The molecule has 1 saturated heterocycles. The lowest BCUT2D eigenvalue weighted by Gasteiger charge is -2.26. The second kappa shape index (κ2) is 5.70. The SMILES string of the molecule is Cn1cc(S(=O)(=O)NCC(=O)N2CCCCC2)cn1. The van der Waals surface area contributed by atoms with E-state index in [0.29, 0.717) is 13.1 Å². The molecule has 2 rings (SSSR count). The highest BCUT2D eigenvalue weighted by Gasteiger charge is 2.21. The highest BCUT2D eigenvalue weighted by molar-refractivity contribution is 7.89. The largest absolute Gasteiger partial charge is 0.342 e. The first-order valence-electron chi connectivity index (χ1n) is 6.25. The lowest BCUT2D eigenvalue weighted by Crippen LogP contribution is -2.42. The molecule has 1 aromatic heterocycles. The van der Waals surface area contributed by atoms with Crippen molar-refractivity contribution in [3.05, 3.63) is 12.4 Å². The fourth-order valence-electron chi connectivity index (χ4n) is 2.03. The number of nitrogens with one attached hydrogen (secondary N) is 1. The predicted octanol–water partition coefficient (Wildman–Crippen LogP) is -0.289. The summed E-state index contributed by atoms with van der Waals surface area (Å²) in [6.07, 6.45) is 5.76. The van der Waals surface area contributed by atoms with Crippen LogP contribution in [-0.4, -0.2) is 48.6 Å². The molecule has 7 nitrogen and oxygen atoms in total. The predicted molar refractivity (Wildman–Crippen MR) is 68.8 cm³/mol. The quantitative estimate of drug-likeness (QED) is 0.824. The number of aryl methyl sites for hydroxylation is 1. The lowest BCUT2D eigenvalue weighted by molar-refractivity contribution is -0.130. The zero-order valence-corrected chi connectivity index (χ0v) is 11.7. The minimum absolute atomic E-state index is 0.0708. The van der Waals surface area contributed by atoms with Gasteiger partial charge in [-0.25, -0.2) is 13.1 Å². The van der Waals surface area contributed by atoms with E-state index in [1.54, 1.807) is 11.9 Å². The summed E-state index contributed by atoms with van der Waals surface area (Å²) in [4.78, 5) is 13.6. The first kappa shape index (κ1) is 14.0. The number of hydrogen-bond acceptors (Lipinski definition) is 4. The van der Waals surface area contributed by atoms with Gasteiger partial charge in [-0.3, -0.25) is 9.48 Å². The van der Waals surface area contributed by atoms with Crippen LogP contribution in [0, 0.1) is 0 Å². The number of hydrogen-bond donors (Lipinski definition) is 1. The number of piperidine rings is 1. The molecule has 0 spiro atoms. The zero-order chi connectivity index (χ0) is 13.9. The van der Waals surface area contributed by atoms with Crippen molar-refractivity contribution in [2.45, 2.75) is 24.2 Å². The summed E-state index contributed by atoms with van der Waals surface area (Å²) in [6.45, 7) is 1.23. The Bertz CT molecular complexity index is 546. The Morgan fingerprint density at radius 3 is 2.63 bits per heavy atom. The Kier molecular flexibility index (Phi) is 4.20. The van der Waals surface area contributed by atoms with E-state index in [9.17, 15) is 13.2 Å². The molecule has 0 unspecified atom stereocenters. The van der Waals surface area contributed by atoms with Crippen LogP contribution in [0.3, 0.4) is 0 Å². The minimum atomic E-state index is -3.65. The average Bonchev–Trinajstić information content (AvgIpc) is 2.85. The molecule has 106 valence electrons. The van der Waals surface area contributed by atoms with Gasteiger partial charge in [0.15, 0.2) is 0 Å². The fourth-order valence-corrected chi connectivity index (χ4v) is 2.99. The van der Waals surface area contributed by atoms with Crippen molar-refractivity contribution in [2.24, 2.45) is 7.05 Å². The maximum absolute atomic E-state index is 11.9. The summed E-state index contributed by atoms with van der Waals surface area (Å²) in [7, 11) is -2.02. The second-order valence-electron chi connectivity index (χ2n) is 4.62. The van der Waals surface area contributed by atoms with E-state index >= 15 is 0 Å². The Hall–Kier alpha value is -1.41. The topological polar surface area (TPSA) is 84.3 Å². The van der Waals surface area contributed by atoms with Crippen molar-refractivity contribution >= 4 is 15.9 Å². The van der Waals surface area contributed by atoms with Gasteiger partial charge in [-0.2, -0.15) is 5.10 Å². The smallest absolute Gasteiger partial charge is 0.244 e. The van der Waals surface area contributed by atoms with Gasteiger partial charge in [0.25, 0.3) is 0 Å². The molecule has 2 heterocycles. The van der Waals surface area contributed by atoms with Crippen molar-refractivity contribution in [1.82, 2.24) is 19.4 Å². The first-order valence-corrected chi connectivity index (χ1v) is 7.73. The van der Waals surface area contributed by atoms with Crippen molar-refractivity contribution < 1.29 is 13.2 Å². The molecular weight excluding hydrogens is 268 g/mol.